The fourth-order valence-electron chi connectivity index (χ4n) is 2.59. The molecule has 5 nitrogen and oxygen atoms in total. The zero-order chi connectivity index (χ0) is 16.7. The van der Waals surface area contributed by atoms with Gasteiger partial charge in [0.05, 0.1) is 19.2 Å². The molecular weight excluding hydrogens is 392 g/mol. The standard InChI is InChI=1S/C17H12BrClN4O/c1-24-12-5-2-10(3-6-12)9-23-21-15-13-7-4-11(18)8-14(13)20-17(19)16(15)22-23/h2-8H,9H2,1H3. The van der Waals surface area contributed by atoms with Gasteiger partial charge in [0.1, 0.15) is 11.3 Å². The van der Waals surface area contributed by atoms with Gasteiger partial charge in [-0.1, -0.05) is 39.7 Å². The van der Waals surface area contributed by atoms with Crippen molar-refractivity contribution in [3.63, 3.8) is 0 Å². The lowest BCUT2D eigenvalue weighted by Crippen LogP contribution is -2.03. The normalized spacial score (nSPS) is 11.3. The molecule has 0 amide bonds. The van der Waals surface area contributed by atoms with Crippen LogP contribution in [0.4, 0.5) is 0 Å². The number of halogens is 2. The van der Waals surface area contributed by atoms with E-state index in [1.165, 1.54) is 0 Å². The molecule has 0 unspecified atom stereocenters. The fourth-order valence-corrected chi connectivity index (χ4v) is 3.16. The Balaban J connectivity index is 1.79. The number of fused-ring (bicyclic) bond motifs is 3. The van der Waals surface area contributed by atoms with Gasteiger partial charge in [-0.2, -0.15) is 9.90 Å². The predicted octanol–water partition coefficient (Wildman–Crippen LogP) is 4.45. The van der Waals surface area contributed by atoms with E-state index < -0.39 is 0 Å². The number of hydrogen-bond donors (Lipinski definition) is 0. The average Bonchev–Trinajstić information content (AvgIpc) is 3.00. The first-order valence-corrected chi connectivity index (χ1v) is 8.43. The van der Waals surface area contributed by atoms with Crippen LogP contribution in [-0.4, -0.2) is 27.1 Å². The van der Waals surface area contributed by atoms with Crippen molar-refractivity contribution in [1.82, 2.24) is 20.0 Å². The van der Waals surface area contributed by atoms with Crippen LogP contribution in [0.3, 0.4) is 0 Å². The lowest BCUT2D eigenvalue weighted by Gasteiger charge is -2.02. The maximum absolute atomic E-state index is 6.29. The molecule has 0 radical (unpaired) electrons. The third-order valence-electron chi connectivity index (χ3n) is 3.77. The molecule has 0 N–H and O–H groups in total. The topological polar surface area (TPSA) is 52.8 Å². The van der Waals surface area contributed by atoms with E-state index in [2.05, 4.69) is 31.1 Å². The molecule has 0 saturated carbocycles. The van der Waals surface area contributed by atoms with Crippen LogP contribution < -0.4 is 4.74 Å². The van der Waals surface area contributed by atoms with E-state index in [-0.39, 0.29) is 0 Å². The lowest BCUT2D eigenvalue weighted by molar-refractivity contribution is 0.414. The molecule has 0 spiro atoms. The van der Waals surface area contributed by atoms with Gasteiger partial charge in [-0.3, -0.25) is 0 Å². The molecule has 7 heteroatoms. The van der Waals surface area contributed by atoms with E-state index in [1.54, 1.807) is 11.9 Å². The molecular formula is C17H12BrClN4O. The third kappa shape index (κ3) is 2.72. The largest absolute Gasteiger partial charge is 0.497 e. The summed E-state index contributed by atoms with van der Waals surface area (Å²) in [5.74, 6) is 0.821. The number of pyridine rings is 1. The molecule has 0 aliphatic rings. The Labute approximate surface area is 151 Å². The summed E-state index contributed by atoms with van der Waals surface area (Å²) in [6.45, 7) is 0.549. The smallest absolute Gasteiger partial charge is 0.159 e. The van der Waals surface area contributed by atoms with Crippen molar-refractivity contribution in [1.29, 1.82) is 0 Å². The molecule has 2 aromatic heterocycles. The van der Waals surface area contributed by atoms with Crippen LogP contribution in [0.25, 0.3) is 21.9 Å². The van der Waals surface area contributed by atoms with Crippen LogP contribution in [0.2, 0.25) is 5.15 Å². The van der Waals surface area contributed by atoms with E-state index in [9.17, 15) is 0 Å². The van der Waals surface area contributed by atoms with Crippen molar-refractivity contribution in [2.24, 2.45) is 0 Å². The van der Waals surface area contributed by atoms with Crippen LogP contribution in [0.15, 0.2) is 46.9 Å². The van der Waals surface area contributed by atoms with Crippen LogP contribution in [-0.2, 0) is 6.54 Å². The minimum Gasteiger partial charge on any atom is -0.497 e. The van der Waals surface area contributed by atoms with E-state index >= 15 is 0 Å². The summed E-state index contributed by atoms with van der Waals surface area (Å²) in [5.41, 5.74) is 3.23. The zero-order valence-corrected chi connectivity index (χ0v) is 15.0. The number of ether oxygens (including phenoxy) is 1. The number of hydrogen-bond acceptors (Lipinski definition) is 4. The Kier molecular flexibility index (Phi) is 3.86. The zero-order valence-electron chi connectivity index (χ0n) is 12.7. The molecule has 4 rings (SSSR count). The van der Waals surface area contributed by atoms with Crippen molar-refractivity contribution >= 4 is 49.5 Å². The van der Waals surface area contributed by atoms with Gasteiger partial charge in [0.2, 0.25) is 0 Å². The van der Waals surface area contributed by atoms with Crippen LogP contribution >= 0.6 is 27.5 Å². The maximum atomic E-state index is 6.29. The van der Waals surface area contributed by atoms with Gasteiger partial charge in [-0.25, -0.2) is 4.98 Å². The predicted molar refractivity (Wildman–Crippen MR) is 97.6 cm³/mol. The Bertz CT molecular complexity index is 1050. The SMILES string of the molecule is COc1ccc(Cn2nc3c(Cl)nc4cc(Br)ccc4c3n2)cc1. The molecule has 0 aliphatic heterocycles. The highest BCUT2D eigenvalue weighted by atomic mass is 79.9. The lowest BCUT2D eigenvalue weighted by atomic mass is 10.2. The first-order chi connectivity index (χ1) is 11.6. The van der Waals surface area contributed by atoms with E-state index in [1.807, 2.05) is 42.5 Å². The number of rotatable bonds is 3. The summed E-state index contributed by atoms with van der Waals surface area (Å²) >= 11 is 9.73. The van der Waals surface area contributed by atoms with Crippen LogP contribution in [0.1, 0.15) is 5.56 Å². The number of nitrogens with zero attached hydrogens (tertiary/aromatic N) is 4. The first-order valence-electron chi connectivity index (χ1n) is 7.26. The maximum Gasteiger partial charge on any atom is 0.159 e. The summed E-state index contributed by atoms with van der Waals surface area (Å²) in [5, 5.41) is 10.4. The summed E-state index contributed by atoms with van der Waals surface area (Å²) < 4.78 is 6.12. The molecule has 2 aromatic carbocycles. The Morgan fingerprint density at radius 2 is 1.83 bits per heavy atom. The van der Waals surface area contributed by atoms with Crippen LogP contribution in [0.5, 0.6) is 5.75 Å². The van der Waals surface area contributed by atoms with E-state index in [0.717, 1.165) is 32.2 Å². The Hall–Kier alpha value is -2.18. The van der Waals surface area contributed by atoms with Crippen molar-refractivity contribution in [3.05, 3.63) is 57.7 Å². The molecule has 0 aliphatic carbocycles. The highest BCUT2D eigenvalue weighted by Gasteiger charge is 2.13. The second-order valence-electron chi connectivity index (χ2n) is 5.34. The highest BCUT2D eigenvalue weighted by Crippen LogP contribution is 2.28. The highest BCUT2D eigenvalue weighted by molar-refractivity contribution is 9.10. The summed E-state index contributed by atoms with van der Waals surface area (Å²) in [7, 11) is 1.65. The van der Waals surface area contributed by atoms with E-state index in [0.29, 0.717) is 17.2 Å². The van der Waals surface area contributed by atoms with Gasteiger partial charge in [0, 0.05) is 9.86 Å². The second kappa shape index (κ2) is 6.03. The third-order valence-corrected chi connectivity index (χ3v) is 4.52. The van der Waals surface area contributed by atoms with Gasteiger partial charge in [-0.05, 0) is 35.9 Å². The van der Waals surface area contributed by atoms with Gasteiger partial charge >= 0.3 is 0 Å². The number of methoxy groups -OCH3 is 1. The summed E-state index contributed by atoms with van der Waals surface area (Å²) in [4.78, 5) is 6.05. The quantitative estimate of drug-likeness (QED) is 0.474. The second-order valence-corrected chi connectivity index (χ2v) is 6.61. The van der Waals surface area contributed by atoms with Gasteiger partial charge in [0.15, 0.2) is 10.7 Å². The fraction of sp³-hybridized carbons (Fsp3) is 0.118. The molecule has 0 fully saturated rings. The number of benzene rings is 2. The van der Waals surface area contributed by atoms with Gasteiger partial charge in [-0.15, -0.1) is 5.10 Å². The van der Waals surface area contributed by atoms with Crippen molar-refractivity contribution < 1.29 is 4.74 Å². The minimum atomic E-state index is 0.358. The molecule has 24 heavy (non-hydrogen) atoms. The summed E-state index contributed by atoms with van der Waals surface area (Å²) in [6.07, 6.45) is 0. The molecule has 0 saturated heterocycles. The van der Waals surface area contributed by atoms with Crippen molar-refractivity contribution in [2.75, 3.05) is 7.11 Å². The van der Waals surface area contributed by atoms with Crippen LogP contribution in [0, 0.1) is 0 Å². The van der Waals surface area contributed by atoms with Gasteiger partial charge < -0.3 is 4.74 Å². The monoisotopic (exact) mass is 402 g/mol. The molecule has 2 heterocycles. The minimum absolute atomic E-state index is 0.358. The van der Waals surface area contributed by atoms with Crippen molar-refractivity contribution in [3.8, 4) is 5.75 Å². The molecule has 0 atom stereocenters. The van der Waals surface area contributed by atoms with Gasteiger partial charge in [0.25, 0.3) is 0 Å². The molecule has 0 bridgehead atoms. The molecule has 4 aromatic rings. The van der Waals surface area contributed by atoms with E-state index in [4.69, 9.17) is 16.3 Å². The molecule has 120 valence electrons. The van der Waals surface area contributed by atoms with Crippen molar-refractivity contribution in [2.45, 2.75) is 6.54 Å². The Morgan fingerprint density at radius 1 is 1.08 bits per heavy atom. The number of aromatic nitrogens is 4. The Morgan fingerprint density at radius 3 is 2.58 bits per heavy atom. The first kappa shape index (κ1) is 15.4. The average molecular weight is 404 g/mol. The summed E-state index contributed by atoms with van der Waals surface area (Å²) in [6, 6.07) is 13.7.